The summed E-state index contributed by atoms with van der Waals surface area (Å²) >= 11 is 0. The van der Waals surface area contributed by atoms with Crippen LogP contribution in [-0.2, 0) is 9.47 Å². The van der Waals surface area contributed by atoms with Crippen molar-refractivity contribution in [3.63, 3.8) is 0 Å². The van der Waals surface area contributed by atoms with Crippen molar-refractivity contribution in [3.8, 4) is 6.07 Å². The molecule has 27 heavy (non-hydrogen) atoms. The number of benzene rings is 1. The molecule has 1 unspecified atom stereocenters. The molecule has 2 saturated heterocycles. The van der Waals surface area contributed by atoms with Crippen LogP contribution in [0, 0.1) is 24.1 Å². The zero-order chi connectivity index (χ0) is 19.8. The average molecular weight is 375 g/mol. The molecule has 0 N–H and O–H groups in total. The zero-order valence-corrected chi connectivity index (χ0v) is 16.3. The van der Waals surface area contributed by atoms with E-state index in [2.05, 4.69) is 4.90 Å². The van der Waals surface area contributed by atoms with E-state index >= 15 is 0 Å². The quantitative estimate of drug-likeness (QED) is 0.755. The number of rotatable bonds is 1. The van der Waals surface area contributed by atoms with Gasteiger partial charge in [-0.05, 0) is 44.9 Å². The van der Waals surface area contributed by atoms with Crippen LogP contribution in [0.1, 0.15) is 43.6 Å². The molecule has 3 rings (SSSR count). The Balaban J connectivity index is 1.67. The van der Waals surface area contributed by atoms with Gasteiger partial charge in [-0.1, -0.05) is 6.07 Å². The lowest BCUT2D eigenvalue weighted by Crippen LogP contribution is -2.60. The predicted molar refractivity (Wildman–Crippen MR) is 97.7 cm³/mol. The first-order valence-corrected chi connectivity index (χ1v) is 9.22. The van der Waals surface area contributed by atoms with Gasteiger partial charge in [0.15, 0.2) is 0 Å². The van der Waals surface area contributed by atoms with Crippen LogP contribution in [0.4, 0.5) is 9.18 Å². The molecule has 0 saturated carbocycles. The molecule has 146 valence electrons. The Kier molecular flexibility index (Phi) is 5.41. The number of nitriles is 1. The van der Waals surface area contributed by atoms with Crippen molar-refractivity contribution in [1.82, 2.24) is 9.80 Å². The van der Waals surface area contributed by atoms with Crippen LogP contribution < -0.4 is 0 Å². The van der Waals surface area contributed by atoms with E-state index in [-0.39, 0.29) is 23.8 Å². The number of hydrogen-bond acceptors (Lipinski definition) is 5. The predicted octanol–water partition coefficient (Wildman–Crippen LogP) is 3.00. The molecule has 2 atom stereocenters. The lowest BCUT2D eigenvalue weighted by Gasteiger charge is -2.46. The van der Waals surface area contributed by atoms with Gasteiger partial charge < -0.3 is 14.4 Å². The summed E-state index contributed by atoms with van der Waals surface area (Å²) in [5.41, 5.74) is 1.04. The number of morpholine rings is 1. The van der Waals surface area contributed by atoms with Gasteiger partial charge in [0.05, 0.1) is 24.3 Å². The number of hydrogen-bond donors (Lipinski definition) is 0. The van der Waals surface area contributed by atoms with Crippen molar-refractivity contribution in [3.05, 3.63) is 34.6 Å². The minimum atomic E-state index is -0.513. The van der Waals surface area contributed by atoms with E-state index < -0.39 is 11.4 Å². The molecular weight excluding hydrogens is 349 g/mol. The van der Waals surface area contributed by atoms with E-state index in [1.807, 2.05) is 26.8 Å². The summed E-state index contributed by atoms with van der Waals surface area (Å²) in [5.74, 6) is -0.501. The van der Waals surface area contributed by atoms with Gasteiger partial charge in [0, 0.05) is 26.2 Å². The van der Waals surface area contributed by atoms with Crippen molar-refractivity contribution in [2.45, 2.75) is 45.4 Å². The van der Waals surface area contributed by atoms with Crippen LogP contribution in [0.2, 0.25) is 0 Å². The van der Waals surface area contributed by atoms with Crippen LogP contribution in [0.3, 0.4) is 0 Å². The molecule has 1 aromatic rings. The van der Waals surface area contributed by atoms with Crippen molar-refractivity contribution in [2.75, 3.05) is 32.8 Å². The Bertz CT molecular complexity index is 769. The zero-order valence-electron chi connectivity index (χ0n) is 16.3. The fourth-order valence-electron chi connectivity index (χ4n) is 3.65. The largest absolute Gasteiger partial charge is 0.444 e. The van der Waals surface area contributed by atoms with Gasteiger partial charge in [0.1, 0.15) is 17.5 Å². The third-order valence-electron chi connectivity index (χ3n) is 5.06. The summed E-state index contributed by atoms with van der Waals surface area (Å²) in [6.07, 6.45) is -0.501. The van der Waals surface area contributed by atoms with Crippen LogP contribution in [-0.4, -0.2) is 60.3 Å². The normalized spacial score (nSPS) is 23.5. The number of halogens is 1. The van der Waals surface area contributed by atoms with Crippen LogP contribution >= 0.6 is 0 Å². The molecule has 2 aliphatic heterocycles. The maximum absolute atomic E-state index is 13.8. The van der Waals surface area contributed by atoms with E-state index in [9.17, 15) is 14.4 Å². The van der Waals surface area contributed by atoms with E-state index in [1.54, 1.807) is 17.9 Å². The number of fused-ring (bicyclic) bond motifs is 1. The van der Waals surface area contributed by atoms with Crippen molar-refractivity contribution in [2.24, 2.45) is 0 Å². The van der Waals surface area contributed by atoms with Gasteiger partial charge in [-0.25, -0.2) is 9.18 Å². The standard InChI is InChI=1S/C20H26FN3O3/c1-13-15(5-6-17(21)16(13)9-22)18-11-23-7-8-24(10-14(23)12-26-18)19(25)27-20(2,3)4/h5-6,14,18H,7-8,10-12H2,1-4H3/t14-,18?/m1/s1. The first-order chi connectivity index (χ1) is 12.7. The minimum absolute atomic E-state index is 0.0768. The molecule has 1 aromatic carbocycles. The minimum Gasteiger partial charge on any atom is -0.444 e. The molecule has 0 spiro atoms. The van der Waals surface area contributed by atoms with Gasteiger partial charge in [-0.2, -0.15) is 5.26 Å². The van der Waals surface area contributed by atoms with Crippen LogP contribution in [0.15, 0.2) is 12.1 Å². The second-order valence-corrected chi connectivity index (χ2v) is 8.15. The van der Waals surface area contributed by atoms with Crippen LogP contribution in [0.25, 0.3) is 0 Å². The van der Waals surface area contributed by atoms with Crippen molar-refractivity contribution >= 4 is 6.09 Å². The van der Waals surface area contributed by atoms with E-state index in [1.165, 1.54) is 6.07 Å². The maximum atomic E-state index is 13.8. The molecule has 0 radical (unpaired) electrons. The molecule has 2 heterocycles. The highest BCUT2D eigenvalue weighted by Gasteiger charge is 2.37. The first-order valence-electron chi connectivity index (χ1n) is 9.22. The third kappa shape index (κ3) is 4.23. The molecule has 2 aliphatic rings. The van der Waals surface area contributed by atoms with Gasteiger partial charge in [-0.15, -0.1) is 0 Å². The smallest absolute Gasteiger partial charge is 0.410 e. The Morgan fingerprint density at radius 3 is 2.74 bits per heavy atom. The summed E-state index contributed by atoms with van der Waals surface area (Å²) in [5, 5.41) is 9.18. The van der Waals surface area contributed by atoms with E-state index in [4.69, 9.17) is 9.47 Å². The first kappa shape index (κ1) is 19.6. The summed E-state index contributed by atoms with van der Waals surface area (Å²) < 4.78 is 25.3. The second-order valence-electron chi connectivity index (χ2n) is 8.15. The fourth-order valence-corrected chi connectivity index (χ4v) is 3.65. The van der Waals surface area contributed by atoms with Crippen molar-refractivity contribution in [1.29, 1.82) is 5.26 Å². The van der Waals surface area contributed by atoms with E-state index in [0.717, 1.165) is 12.1 Å². The second kappa shape index (κ2) is 7.45. The molecule has 6 nitrogen and oxygen atoms in total. The topological polar surface area (TPSA) is 65.8 Å². The molecule has 0 aliphatic carbocycles. The number of nitrogens with zero attached hydrogens (tertiary/aromatic N) is 3. The Morgan fingerprint density at radius 2 is 2.07 bits per heavy atom. The molecule has 7 heteroatoms. The Morgan fingerprint density at radius 1 is 1.33 bits per heavy atom. The van der Waals surface area contributed by atoms with Gasteiger partial charge >= 0.3 is 6.09 Å². The average Bonchev–Trinajstić information content (AvgIpc) is 2.60. The van der Waals surface area contributed by atoms with Crippen LogP contribution in [0.5, 0.6) is 0 Å². The number of ether oxygens (including phenoxy) is 2. The van der Waals surface area contributed by atoms with Gasteiger partial charge in [-0.3, -0.25) is 4.90 Å². The lowest BCUT2D eigenvalue weighted by atomic mass is 9.96. The summed E-state index contributed by atoms with van der Waals surface area (Å²) in [7, 11) is 0. The molecular formula is C20H26FN3O3. The molecule has 0 aromatic heterocycles. The van der Waals surface area contributed by atoms with Crippen molar-refractivity contribution < 1.29 is 18.7 Å². The highest BCUT2D eigenvalue weighted by atomic mass is 19.1. The monoisotopic (exact) mass is 375 g/mol. The third-order valence-corrected chi connectivity index (χ3v) is 5.06. The number of carbonyl (C=O) groups is 1. The summed E-state index contributed by atoms with van der Waals surface area (Å²) in [6.45, 7) is 10.4. The Hall–Kier alpha value is -2.17. The maximum Gasteiger partial charge on any atom is 0.410 e. The number of carbonyl (C=O) groups excluding carboxylic acids is 1. The highest BCUT2D eigenvalue weighted by Crippen LogP contribution is 2.31. The Labute approximate surface area is 159 Å². The van der Waals surface area contributed by atoms with Gasteiger partial charge in [0.2, 0.25) is 0 Å². The SMILES string of the molecule is Cc1c(C2CN3CCN(C(=O)OC(C)(C)C)C[C@@H]3CO2)ccc(F)c1C#N. The number of piperazine rings is 1. The number of amides is 1. The van der Waals surface area contributed by atoms with E-state index in [0.29, 0.717) is 31.8 Å². The molecule has 0 bridgehead atoms. The summed E-state index contributed by atoms with van der Waals surface area (Å²) in [4.78, 5) is 16.3. The highest BCUT2D eigenvalue weighted by molar-refractivity contribution is 5.68. The molecule has 2 fully saturated rings. The fraction of sp³-hybridized carbons (Fsp3) is 0.600. The molecule has 1 amide bonds. The summed E-state index contributed by atoms with van der Waals surface area (Å²) in [6, 6.07) is 5.08. The van der Waals surface area contributed by atoms with Gasteiger partial charge in [0.25, 0.3) is 0 Å². The lowest BCUT2D eigenvalue weighted by molar-refractivity contribution is -0.0908.